The molecular formula is C17H16ClF3N4O. The van der Waals surface area contributed by atoms with E-state index in [9.17, 15) is 18.0 Å². The zero-order valence-corrected chi connectivity index (χ0v) is 14.4. The van der Waals surface area contributed by atoms with E-state index in [1.54, 1.807) is 6.07 Å². The minimum atomic E-state index is -4.64. The standard InChI is InChI=1S/C17H16ClF3N4O/c18-11-4-5-13(12(10-11)17(19,20)21)22-16(26)14-6-7-15(24-23-14)25-8-2-1-3-9-25/h4-7,10H,1-3,8-9H2,(H,22,26). The second kappa shape index (κ2) is 7.49. The van der Waals surface area contributed by atoms with Crippen molar-refractivity contribution >= 4 is 29.0 Å². The predicted molar refractivity (Wildman–Crippen MR) is 92.5 cm³/mol. The number of anilines is 2. The number of aromatic nitrogens is 2. The number of alkyl halides is 3. The van der Waals surface area contributed by atoms with Crippen molar-refractivity contribution in [1.29, 1.82) is 0 Å². The Hall–Kier alpha value is -2.35. The van der Waals surface area contributed by atoms with Crippen LogP contribution < -0.4 is 10.2 Å². The van der Waals surface area contributed by atoms with E-state index in [0.717, 1.165) is 38.1 Å². The molecule has 1 aliphatic rings. The molecule has 1 aromatic carbocycles. The summed E-state index contributed by atoms with van der Waals surface area (Å²) in [6.07, 6.45) is -1.33. The summed E-state index contributed by atoms with van der Waals surface area (Å²) in [4.78, 5) is 14.3. The molecular weight excluding hydrogens is 369 g/mol. The zero-order chi connectivity index (χ0) is 18.7. The SMILES string of the molecule is O=C(Nc1ccc(Cl)cc1C(F)(F)F)c1ccc(N2CCCCC2)nn1. The third-order valence-electron chi connectivity index (χ3n) is 4.10. The first-order chi connectivity index (χ1) is 12.3. The minimum Gasteiger partial charge on any atom is -0.355 e. The summed E-state index contributed by atoms with van der Waals surface area (Å²) < 4.78 is 39.3. The van der Waals surface area contributed by atoms with Crippen LogP contribution in [0.5, 0.6) is 0 Å². The summed E-state index contributed by atoms with van der Waals surface area (Å²) in [7, 11) is 0. The number of hydrogen-bond acceptors (Lipinski definition) is 4. The Kier molecular flexibility index (Phi) is 5.31. The van der Waals surface area contributed by atoms with Crippen LogP contribution in [0.15, 0.2) is 30.3 Å². The van der Waals surface area contributed by atoms with E-state index < -0.39 is 17.6 Å². The maximum atomic E-state index is 13.1. The Balaban J connectivity index is 1.76. The summed E-state index contributed by atoms with van der Waals surface area (Å²) in [6, 6.07) is 6.26. The molecule has 138 valence electrons. The van der Waals surface area contributed by atoms with Gasteiger partial charge < -0.3 is 10.2 Å². The first kappa shape index (κ1) is 18.4. The predicted octanol–water partition coefficient (Wildman–Crippen LogP) is 4.39. The Morgan fingerprint density at radius 2 is 1.81 bits per heavy atom. The van der Waals surface area contributed by atoms with Gasteiger partial charge >= 0.3 is 6.18 Å². The molecule has 1 N–H and O–H groups in total. The van der Waals surface area contributed by atoms with Crippen LogP contribution in [0, 0.1) is 0 Å². The topological polar surface area (TPSA) is 58.1 Å². The molecule has 5 nitrogen and oxygen atoms in total. The molecule has 1 amide bonds. The van der Waals surface area contributed by atoms with Crippen LogP contribution in [0.3, 0.4) is 0 Å². The first-order valence-corrected chi connectivity index (χ1v) is 8.49. The molecule has 9 heteroatoms. The smallest absolute Gasteiger partial charge is 0.355 e. The lowest BCUT2D eigenvalue weighted by Gasteiger charge is -2.27. The molecule has 0 spiro atoms. The van der Waals surface area contributed by atoms with E-state index in [-0.39, 0.29) is 16.4 Å². The lowest BCUT2D eigenvalue weighted by molar-refractivity contribution is -0.136. The summed E-state index contributed by atoms with van der Waals surface area (Å²) in [5, 5.41) is 10.0. The average molecular weight is 385 g/mol. The highest BCUT2D eigenvalue weighted by Gasteiger charge is 2.34. The number of carbonyl (C=O) groups excluding carboxylic acids is 1. The van der Waals surface area contributed by atoms with E-state index in [0.29, 0.717) is 5.82 Å². The molecule has 1 aliphatic heterocycles. The van der Waals surface area contributed by atoms with E-state index in [1.807, 2.05) is 0 Å². The number of benzene rings is 1. The van der Waals surface area contributed by atoms with E-state index in [2.05, 4.69) is 20.4 Å². The van der Waals surface area contributed by atoms with Gasteiger partial charge in [-0.15, -0.1) is 10.2 Å². The van der Waals surface area contributed by atoms with Gasteiger partial charge in [-0.25, -0.2) is 0 Å². The average Bonchev–Trinajstić information content (AvgIpc) is 2.63. The molecule has 2 aromatic rings. The molecule has 2 heterocycles. The monoisotopic (exact) mass is 384 g/mol. The van der Waals surface area contributed by atoms with Crippen molar-refractivity contribution in [3.05, 3.63) is 46.6 Å². The second-order valence-electron chi connectivity index (χ2n) is 5.97. The molecule has 0 bridgehead atoms. The van der Waals surface area contributed by atoms with Crippen molar-refractivity contribution < 1.29 is 18.0 Å². The van der Waals surface area contributed by atoms with Crippen molar-refractivity contribution in [3.8, 4) is 0 Å². The lowest BCUT2D eigenvalue weighted by Crippen LogP contribution is -2.30. The number of amides is 1. The van der Waals surface area contributed by atoms with Crippen molar-refractivity contribution in [1.82, 2.24) is 10.2 Å². The summed E-state index contributed by atoms with van der Waals surface area (Å²) in [5.41, 5.74) is -1.46. The lowest BCUT2D eigenvalue weighted by atomic mass is 10.1. The van der Waals surface area contributed by atoms with Crippen LogP contribution in [-0.4, -0.2) is 29.2 Å². The van der Waals surface area contributed by atoms with Gasteiger partial charge in [-0.2, -0.15) is 13.2 Å². The van der Waals surface area contributed by atoms with Gasteiger partial charge in [0.05, 0.1) is 11.3 Å². The number of halogens is 4. The summed E-state index contributed by atoms with van der Waals surface area (Å²) >= 11 is 5.63. The van der Waals surface area contributed by atoms with E-state index in [4.69, 9.17) is 11.6 Å². The number of rotatable bonds is 3. The largest absolute Gasteiger partial charge is 0.418 e. The Morgan fingerprint density at radius 3 is 2.42 bits per heavy atom. The molecule has 1 saturated heterocycles. The molecule has 1 fully saturated rings. The van der Waals surface area contributed by atoms with Crippen molar-refractivity contribution in [2.24, 2.45) is 0 Å². The van der Waals surface area contributed by atoms with E-state index >= 15 is 0 Å². The van der Waals surface area contributed by atoms with Crippen molar-refractivity contribution in [2.45, 2.75) is 25.4 Å². The van der Waals surface area contributed by atoms with Gasteiger partial charge in [0.1, 0.15) is 0 Å². The van der Waals surface area contributed by atoms with Crippen LogP contribution in [0.25, 0.3) is 0 Å². The van der Waals surface area contributed by atoms with Crippen molar-refractivity contribution in [2.75, 3.05) is 23.3 Å². The number of nitrogens with one attached hydrogen (secondary N) is 1. The van der Waals surface area contributed by atoms with Gasteiger partial charge in [0.2, 0.25) is 0 Å². The van der Waals surface area contributed by atoms with Gasteiger partial charge in [0.15, 0.2) is 11.5 Å². The number of nitrogens with zero attached hydrogens (tertiary/aromatic N) is 3. The molecule has 0 radical (unpaired) electrons. The summed E-state index contributed by atoms with van der Waals surface area (Å²) in [5.74, 6) is -0.112. The Labute approximate surface area is 153 Å². The number of hydrogen-bond donors (Lipinski definition) is 1. The van der Waals surface area contributed by atoms with Gasteiger partial charge in [-0.05, 0) is 49.6 Å². The number of carbonyl (C=O) groups is 1. The van der Waals surface area contributed by atoms with Crippen LogP contribution in [0.1, 0.15) is 35.3 Å². The van der Waals surface area contributed by atoms with Crippen molar-refractivity contribution in [3.63, 3.8) is 0 Å². The fraction of sp³-hybridized carbons (Fsp3) is 0.353. The normalized spacial score (nSPS) is 15.0. The molecule has 0 unspecified atom stereocenters. The molecule has 0 atom stereocenters. The molecule has 26 heavy (non-hydrogen) atoms. The van der Waals surface area contributed by atoms with Crippen LogP contribution >= 0.6 is 11.6 Å². The second-order valence-corrected chi connectivity index (χ2v) is 6.40. The van der Waals surface area contributed by atoms with Gasteiger partial charge in [-0.3, -0.25) is 4.79 Å². The highest BCUT2D eigenvalue weighted by molar-refractivity contribution is 6.30. The fourth-order valence-electron chi connectivity index (χ4n) is 2.78. The Bertz CT molecular complexity index is 790. The van der Waals surface area contributed by atoms with Gasteiger partial charge in [-0.1, -0.05) is 11.6 Å². The summed E-state index contributed by atoms with van der Waals surface area (Å²) in [6.45, 7) is 1.75. The van der Waals surface area contributed by atoms with Gasteiger partial charge in [0.25, 0.3) is 5.91 Å². The maximum absolute atomic E-state index is 13.1. The third kappa shape index (κ3) is 4.24. The minimum absolute atomic E-state index is 0.0613. The zero-order valence-electron chi connectivity index (χ0n) is 13.7. The third-order valence-corrected chi connectivity index (χ3v) is 4.33. The van der Waals surface area contributed by atoms with Crippen LogP contribution in [0.4, 0.5) is 24.7 Å². The molecule has 0 saturated carbocycles. The van der Waals surface area contributed by atoms with Crippen LogP contribution in [-0.2, 0) is 6.18 Å². The fourth-order valence-corrected chi connectivity index (χ4v) is 2.96. The molecule has 1 aromatic heterocycles. The highest BCUT2D eigenvalue weighted by Crippen LogP contribution is 2.36. The molecule has 0 aliphatic carbocycles. The van der Waals surface area contributed by atoms with Gasteiger partial charge in [0, 0.05) is 18.1 Å². The highest BCUT2D eigenvalue weighted by atomic mass is 35.5. The van der Waals surface area contributed by atoms with E-state index in [1.165, 1.54) is 18.6 Å². The molecule has 3 rings (SSSR count). The maximum Gasteiger partial charge on any atom is 0.418 e. The Morgan fingerprint density at radius 1 is 1.08 bits per heavy atom. The quantitative estimate of drug-likeness (QED) is 0.852. The number of piperidine rings is 1. The van der Waals surface area contributed by atoms with Crippen LogP contribution in [0.2, 0.25) is 5.02 Å². The first-order valence-electron chi connectivity index (χ1n) is 8.11.